The average molecular weight is 298 g/mol. The highest BCUT2D eigenvalue weighted by molar-refractivity contribution is 5.96. The van der Waals surface area contributed by atoms with E-state index in [0.717, 1.165) is 12.0 Å². The molecule has 1 fully saturated rings. The number of rotatable bonds is 3. The molecule has 0 bridgehead atoms. The summed E-state index contributed by atoms with van der Waals surface area (Å²) in [6, 6.07) is 15.4. The molecule has 22 heavy (non-hydrogen) atoms. The second-order valence-electron chi connectivity index (χ2n) is 5.28. The minimum absolute atomic E-state index is 0.0989. The van der Waals surface area contributed by atoms with Crippen molar-refractivity contribution < 1.29 is 14.0 Å². The maximum Gasteiger partial charge on any atom is 0.272 e. The molecule has 2 N–H and O–H groups in total. The van der Waals surface area contributed by atoms with Gasteiger partial charge in [-0.15, -0.1) is 0 Å². The molecule has 5 heteroatoms. The lowest BCUT2D eigenvalue weighted by atomic mass is 10.1. The van der Waals surface area contributed by atoms with Gasteiger partial charge in [0, 0.05) is 5.92 Å². The molecule has 2 aromatic rings. The predicted molar refractivity (Wildman–Crippen MR) is 79.3 cm³/mol. The minimum Gasteiger partial charge on any atom is -0.273 e. The van der Waals surface area contributed by atoms with Gasteiger partial charge in [0.15, 0.2) is 0 Å². The topological polar surface area (TPSA) is 58.2 Å². The van der Waals surface area contributed by atoms with E-state index in [2.05, 4.69) is 10.9 Å². The quantitative estimate of drug-likeness (QED) is 0.855. The van der Waals surface area contributed by atoms with Gasteiger partial charge in [-0.2, -0.15) is 0 Å². The summed E-state index contributed by atoms with van der Waals surface area (Å²) < 4.78 is 13.4. The van der Waals surface area contributed by atoms with Crippen LogP contribution in [0.15, 0.2) is 54.6 Å². The predicted octanol–water partition coefficient (Wildman–Crippen LogP) is 2.39. The fourth-order valence-electron chi connectivity index (χ4n) is 2.48. The lowest BCUT2D eigenvalue weighted by Crippen LogP contribution is -2.42. The molecule has 1 aliphatic carbocycles. The lowest BCUT2D eigenvalue weighted by molar-refractivity contribution is -0.123. The largest absolute Gasteiger partial charge is 0.273 e. The molecule has 0 unspecified atom stereocenters. The Morgan fingerprint density at radius 2 is 1.64 bits per heavy atom. The number of hydrogen-bond donors (Lipinski definition) is 2. The average Bonchev–Trinajstić information content (AvgIpc) is 3.34. The van der Waals surface area contributed by atoms with Crippen molar-refractivity contribution in [3.63, 3.8) is 0 Å². The normalized spacial score (nSPS) is 19.3. The van der Waals surface area contributed by atoms with Crippen LogP contribution in [-0.4, -0.2) is 11.8 Å². The van der Waals surface area contributed by atoms with Crippen molar-refractivity contribution >= 4 is 11.8 Å². The Kier molecular flexibility index (Phi) is 3.87. The Labute approximate surface area is 127 Å². The Morgan fingerprint density at radius 1 is 0.955 bits per heavy atom. The van der Waals surface area contributed by atoms with Crippen molar-refractivity contribution in [3.05, 3.63) is 71.5 Å². The van der Waals surface area contributed by atoms with E-state index in [4.69, 9.17) is 0 Å². The van der Waals surface area contributed by atoms with E-state index in [1.165, 1.54) is 18.2 Å². The van der Waals surface area contributed by atoms with E-state index in [1.807, 2.05) is 30.3 Å². The highest BCUT2D eigenvalue weighted by atomic mass is 19.1. The molecule has 2 aromatic carbocycles. The molecule has 112 valence electrons. The smallest absolute Gasteiger partial charge is 0.272 e. The maximum atomic E-state index is 13.4. The van der Waals surface area contributed by atoms with Gasteiger partial charge in [0.2, 0.25) is 5.91 Å². The van der Waals surface area contributed by atoms with Crippen LogP contribution in [0.5, 0.6) is 0 Å². The maximum absolute atomic E-state index is 13.4. The first-order chi connectivity index (χ1) is 10.7. The van der Waals surface area contributed by atoms with Crippen LogP contribution in [0.3, 0.4) is 0 Å². The number of carbonyl (C=O) groups excluding carboxylic acids is 2. The molecule has 1 saturated carbocycles. The summed E-state index contributed by atoms with van der Waals surface area (Å²) in [4.78, 5) is 23.8. The summed E-state index contributed by atoms with van der Waals surface area (Å²) >= 11 is 0. The molecule has 0 aromatic heterocycles. The highest BCUT2D eigenvalue weighted by Gasteiger charge is 2.43. The van der Waals surface area contributed by atoms with Crippen molar-refractivity contribution in [2.75, 3.05) is 0 Å². The van der Waals surface area contributed by atoms with E-state index in [0.29, 0.717) is 0 Å². The Bertz CT molecular complexity index is 703. The zero-order valence-corrected chi connectivity index (χ0v) is 11.8. The van der Waals surface area contributed by atoms with E-state index in [9.17, 15) is 14.0 Å². The third-order valence-corrected chi connectivity index (χ3v) is 3.77. The van der Waals surface area contributed by atoms with Gasteiger partial charge in [-0.25, -0.2) is 4.39 Å². The van der Waals surface area contributed by atoms with Crippen molar-refractivity contribution in [2.45, 2.75) is 12.3 Å². The Hall–Kier alpha value is -2.69. The summed E-state index contributed by atoms with van der Waals surface area (Å²) in [6.45, 7) is 0. The van der Waals surface area contributed by atoms with E-state index in [1.54, 1.807) is 6.07 Å². The van der Waals surface area contributed by atoms with Gasteiger partial charge < -0.3 is 0 Å². The van der Waals surface area contributed by atoms with Gasteiger partial charge in [0.25, 0.3) is 5.91 Å². The van der Waals surface area contributed by atoms with Crippen molar-refractivity contribution in [1.29, 1.82) is 0 Å². The van der Waals surface area contributed by atoms with Gasteiger partial charge in [-0.1, -0.05) is 42.5 Å². The second kappa shape index (κ2) is 5.97. The number of halogens is 1. The summed E-state index contributed by atoms with van der Waals surface area (Å²) in [7, 11) is 0. The zero-order chi connectivity index (χ0) is 15.5. The monoisotopic (exact) mass is 298 g/mol. The van der Waals surface area contributed by atoms with Crippen LogP contribution in [-0.2, 0) is 4.79 Å². The molecule has 1 aliphatic rings. The van der Waals surface area contributed by atoms with E-state index >= 15 is 0 Å². The number of benzene rings is 2. The van der Waals surface area contributed by atoms with Gasteiger partial charge in [0.1, 0.15) is 5.82 Å². The second-order valence-corrected chi connectivity index (χ2v) is 5.28. The number of hydrazine groups is 1. The van der Waals surface area contributed by atoms with Gasteiger partial charge in [-0.3, -0.25) is 20.4 Å². The van der Waals surface area contributed by atoms with E-state index in [-0.39, 0.29) is 23.3 Å². The number of amides is 2. The molecule has 4 nitrogen and oxygen atoms in total. The van der Waals surface area contributed by atoms with Crippen LogP contribution in [0.4, 0.5) is 4.39 Å². The van der Waals surface area contributed by atoms with Crippen LogP contribution in [0, 0.1) is 11.7 Å². The van der Waals surface area contributed by atoms with Crippen LogP contribution in [0.25, 0.3) is 0 Å². The first-order valence-electron chi connectivity index (χ1n) is 7.06. The number of carbonyl (C=O) groups is 2. The van der Waals surface area contributed by atoms with E-state index < -0.39 is 11.7 Å². The standard InChI is InChI=1S/C17H15FN2O2/c18-15-9-5-4-8-12(15)16(21)19-20-17(22)14-10-13(14)11-6-2-1-3-7-11/h1-9,13-14H,10H2,(H,19,21)(H,20,22)/t13-,14-/m1/s1. The lowest BCUT2D eigenvalue weighted by Gasteiger charge is -2.08. The van der Waals surface area contributed by atoms with Crippen LogP contribution in [0.1, 0.15) is 28.3 Å². The molecule has 2 amide bonds. The molecule has 3 rings (SSSR count). The zero-order valence-electron chi connectivity index (χ0n) is 11.8. The summed E-state index contributed by atoms with van der Waals surface area (Å²) in [5.41, 5.74) is 5.63. The molecule has 0 spiro atoms. The molecule has 0 heterocycles. The molecular formula is C17H15FN2O2. The SMILES string of the molecule is O=C(NNC(=O)[C@@H]1C[C@@H]1c1ccccc1)c1ccccc1F. The van der Waals surface area contributed by atoms with Crippen LogP contribution >= 0.6 is 0 Å². The fourth-order valence-corrected chi connectivity index (χ4v) is 2.48. The summed E-state index contributed by atoms with van der Waals surface area (Å²) in [5.74, 6) is -1.50. The summed E-state index contributed by atoms with van der Waals surface area (Å²) in [5, 5.41) is 0. The van der Waals surface area contributed by atoms with Gasteiger partial charge in [-0.05, 0) is 30.0 Å². The summed E-state index contributed by atoms with van der Waals surface area (Å²) in [6.07, 6.45) is 0.755. The Balaban J connectivity index is 1.54. The van der Waals surface area contributed by atoms with Crippen LogP contribution in [0.2, 0.25) is 0 Å². The molecule has 2 atom stereocenters. The first-order valence-corrected chi connectivity index (χ1v) is 7.06. The fraction of sp³-hybridized carbons (Fsp3) is 0.176. The van der Waals surface area contributed by atoms with Crippen molar-refractivity contribution in [2.24, 2.45) is 5.92 Å². The van der Waals surface area contributed by atoms with Crippen molar-refractivity contribution in [3.8, 4) is 0 Å². The first kappa shape index (κ1) is 14.3. The molecule has 0 radical (unpaired) electrons. The van der Waals surface area contributed by atoms with Crippen LogP contribution < -0.4 is 10.9 Å². The number of hydrogen-bond acceptors (Lipinski definition) is 2. The third-order valence-electron chi connectivity index (χ3n) is 3.77. The third kappa shape index (κ3) is 2.98. The molecule has 0 aliphatic heterocycles. The minimum atomic E-state index is -0.664. The van der Waals surface area contributed by atoms with Crippen molar-refractivity contribution in [1.82, 2.24) is 10.9 Å². The molecular weight excluding hydrogens is 283 g/mol. The molecule has 0 saturated heterocycles. The Morgan fingerprint density at radius 3 is 2.36 bits per heavy atom. The van der Waals surface area contributed by atoms with Gasteiger partial charge >= 0.3 is 0 Å². The van der Waals surface area contributed by atoms with Gasteiger partial charge in [0.05, 0.1) is 5.56 Å². The number of nitrogens with one attached hydrogen (secondary N) is 2. The highest BCUT2D eigenvalue weighted by Crippen LogP contribution is 2.47.